The van der Waals surface area contributed by atoms with E-state index >= 15 is 0 Å². The van der Waals surface area contributed by atoms with Crippen LogP contribution < -0.4 is 0 Å². The molecule has 2 heterocycles. The van der Waals surface area contributed by atoms with Crippen LogP contribution in [0.1, 0.15) is 41.4 Å². The van der Waals surface area contributed by atoms with E-state index in [-0.39, 0.29) is 5.56 Å². The van der Waals surface area contributed by atoms with Crippen molar-refractivity contribution in [2.45, 2.75) is 25.2 Å². The summed E-state index contributed by atoms with van der Waals surface area (Å²) >= 11 is 6.15. The van der Waals surface area contributed by atoms with Crippen LogP contribution in [-0.2, 0) is 0 Å². The van der Waals surface area contributed by atoms with Gasteiger partial charge < -0.3 is 5.11 Å². The summed E-state index contributed by atoms with van der Waals surface area (Å²) in [5.41, 5.74) is 0.747. The van der Waals surface area contributed by atoms with Gasteiger partial charge in [-0.05, 0) is 49.0 Å². The highest BCUT2D eigenvalue weighted by Gasteiger charge is 2.66. The standard InChI is InChI=1S/C15H14ClN3O2/c16-9-4-8(15(20)21)5-19-13(9)17-18-14(19)12-10-6-1-2-7(3-6)11(10)12/h4-7,10-12H,1-3H2,(H,20,21). The fraction of sp³-hybridized carbons (Fsp3) is 0.533. The Kier molecular flexibility index (Phi) is 2.15. The molecule has 3 aliphatic carbocycles. The molecule has 5 rings (SSSR count). The van der Waals surface area contributed by atoms with Gasteiger partial charge in [-0.3, -0.25) is 4.40 Å². The number of carbonyl (C=O) groups is 1. The number of rotatable bonds is 2. The number of aromatic carboxylic acids is 1. The quantitative estimate of drug-likeness (QED) is 0.926. The van der Waals surface area contributed by atoms with Gasteiger partial charge in [0.25, 0.3) is 0 Å². The van der Waals surface area contributed by atoms with Crippen LogP contribution in [0.5, 0.6) is 0 Å². The molecule has 3 saturated carbocycles. The van der Waals surface area contributed by atoms with Crippen molar-refractivity contribution in [1.29, 1.82) is 0 Å². The molecule has 6 heteroatoms. The first-order chi connectivity index (χ1) is 10.1. The third-order valence-electron chi connectivity index (χ3n) is 5.77. The zero-order valence-corrected chi connectivity index (χ0v) is 12.0. The molecule has 1 N–H and O–H groups in total. The molecule has 108 valence electrons. The highest BCUT2D eigenvalue weighted by atomic mass is 35.5. The van der Waals surface area contributed by atoms with Crippen molar-refractivity contribution in [1.82, 2.24) is 14.6 Å². The summed E-state index contributed by atoms with van der Waals surface area (Å²) in [5.74, 6) is 3.54. The van der Waals surface area contributed by atoms with Crippen molar-refractivity contribution < 1.29 is 9.90 Å². The lowest BCUT2D eigenvalue weighted by Gasteiger charge is -2.08. The lowest BCUT2D eigenvalue weighted by molar-refractivity contribution is 0.0696. The average molecular weight is 304 g/mol. The largest absolute Gasteiger partial charge is 0.478 e. The monoisotopic (exact) mass is 303 g/mol. The average Bonchev–Trinajstić information content (AvgIpc) is 2.84. The second-order valence-corrected chi connectivity index (χ2v) is 7.05. The molecule has 0 radical (unpaired) electrons. The fourth-order valence-electron chi connectivity index (χ4n) is 4.99. The lowest BCUT2D eigenvalue weighted by Crippen LogP contribution is -2.04. The summed E-state index contributed by atoms with van der Waals surface area (Å²) in [6.45, 7) is 0. The molecular formula is C15H14ClN3O2. The molecule has 21 heavy (non-hydrogen) atoms. The van der Waals surface area contributed by atoms with Crippen LogP contribution in [0.15, 0.2) is 12.3 Å². The van der Waals surface area contributed by atoms with Crippen molar-refractivity contribution in [3.63, 3.8) is 0 Å². The summed E-state index contributed by atoms with van der Waals surface area (Å²) in [4.78, 5) is 11.2. The maximum Gasteiger partial charge on any atom is 0.337 e. The molecule has 3 aliphatic rings. The molecule has 2 aromatic heterocycles. The Labute approximate surface area is 125 Å². The van der Waals surface area contributed by atoms with E-state index in [1.807, 2.05) is 0 Å². The van der Waals surface area contributed by atoms with Gasteiger partial charge in [0.05, 0.1) is 10.6 Å². The number of nitrogens with zero attached hydrogens (tertiary/aromatic N) is 3. The Balaban J connectivity index is 1.63. The molecule has 4 unspecified atom stereocenters. The van der Waals surface area contributed by atoms with E-state index in [2.05, 4.69) is 10.2 Å². The number of carboxylic acid groups (broad SMARTS) is 1. The van der Waals surface area contributed by atoms with Crippen LogP contribution in [0.3, 0.4) is 0 Å². The molecular weight excluding hydrogens is 290 g/mol. The van der Waals surface area contributed by atoms with E-state index in [1.54, 1.807) is 10.6 Å². The van der Waals surface area contributed by atoms with Crippen LogP contribution in [0.2, 0.25) is 5.02 Å². The van der Waals surface area contributed by atoms with Crippen LogP contribution in [0.25, 0.3) is 5.65 Å². The van der Waals surface area contributed by atoms with E-state index in [0.717, 1.165) is 29.5 Å². The first kappa shape index (κ1) is 12.0. The predicted octanol–water partition coefficient (Wildman–Crippen LogP) is 2.84. The van der Waals surface area contributed by atoms with Gasteiger partial charge >= 0.3 is 5.97 Å². The third-order valence-corrected chi connectivity index (χ3v) is 6.04. The molecule has 0 amide bonds. The van der Waals surface area contributed by atoms with E-state index in [1.165, 1.54) is 25.3 Å². The minimum Gasteiger partial charge on any atom is -0.478 e. The topological polar surface area (TPSA) is 67.5 Å². The van der Waals surface area contributed by atoms with Gasteiger partial charge in [0.15, 0.2) is 5.65 Å². The van der Waals surface area contributed by atoms with Crippen LogP contribution in [0.4, 0.5) is 0 Å². The van der Waals surface area contributed by atoms with Gasteiger partial charge in [-0.15, -0.1) is 10.2 Å². The molecule has 0 aromatic carbocycles. The van der Waals surface area contributed by atoms with Gasteiger partial charge in [-0.1, -0.05) is 11.6 Å². The molecule has 3 fully saturated rings. The zero-order valence-electron chi connectivity index (χ0n) is 11.2. The fourth-order valence-corrected chi connectivity index (χ4v) is 5.23. The molecule has 5 nitrogen and oxygen atoms in total. The summed E-state index contributed by atoms with van der Waals surface area (Å²) in [7, 11) is 0. The van der Waals surface area contributed by atoms with E-state index in [4.69, 9.17) is 11.6 Å². The first-order valence-corrected chi connectivity index (χ1v) is 7.80. The van der Waals surface area contributed by atoms with Crippen LogP contribution in [0, 0.1) is 23.7 Å². The van der Waals surface area contributed by atoms with Crippen molar-refractivity contribution in [2.75, 3.05) is 0 Å². The van der Waals surface area contributed by atoms with Gasteiger partial charge in [0.1, 0.15) is 5.82 Å². The molecule has 0 saturated heterocycles. The Hall–Kier alpha value is -1.62. The zero-order chi connectivity index (χ0) is 14.3. The van der Waals surface area contributed by atoms with Crippen molar-refractivity contribution in [3.8, 4) is 0 Å². The number of hydrogen-bond acceptors (Lipinski definition) is 3. The summed E-state index contributed by atoms with van der Waals surface area (Å²) < 4.78 is 1.80. The number of hydrogen-bond donors (Lipinski definition) is 1. The Morgan fingerprint density at radius 2 is 2.00 bits per heavy atom. The molecule has 2 bridgehead atoms. The maximum atomic E-state index is 11.2. The smallest absolute Gasteiger partial charge is 0.337 e. The number of pyridine rings is 1. The minimum atomic E-state index is -0.977. The number of halogens is 1. The second-order valence-electron chi connectivity index (χ2n) is 6.65. The van der Waals surface area contributed by atoms with Crippen LogP contribution in [-0.4, -0.2) is 25.7 Å². The van der Waals surface area contributed by atoms with E-state index < -0.39 is 5.97 Å². The summed E-state index contributed by atoms with van der Waals surface area (Å²) in [6, 6.07) is 1.44. The van der Waals surface area contributed by atoms with Gasteiger partial charge in [0, 0.05) is 12.1 Å². The molecule has 4 atom stereocenters. The highest BCUT2D eigenvalue weighted by molar-refractivity contribution is 6.33. The maximum absolute atomic E-state index is 11.2. The Bertz CT molecular complexity index is 771. The molecule has 0 aliphatic heterocycles. The Morgan fingerprint density at radius 3 is 2.67 bits per heavy atom. The molecule has 0 spiro atoms. The van der Waals surface area contributed by atoms with Crippen molar-refractivity contribution in [3.05, 3.63) is 28.7 Å². The summed E-state index contributed by atoms with van der Waals surface area (Å²) in [6.07, 6.45) is 5.68. The van der Waals surface area contributed by atoms with Gasteiger partial charge in [-0.2, -0.15) is 0 Å². The number of carboxylic acids is 1. The number of aromatic nitrogens is 3. The minimum absolute atomic E-state index is 0.183. The second kappa shape index (κ2) is 3.77. The third kappa shape index (κ3) is 1.45. The van der Waals surface area contributed by atoms with Crippen molar-refractivity contribution >= 4 is 23.2 Å². The van der Waals surface area contributed by atoms with E-state index in [0.29, 0.717) is 16.6 Å². The van der Waals surface area contributed by atoms with Crippen molar-refractivity contribution in [2.24, 2.45) is 23.7 Å². The summed E-state index contributed by atoms with van der Waals surface area (Å²) in [5, 5.41) is 18.0. The Morgan fingerprint density at radius 1 is 1.29 bits per heavy atom. The lowest BCUT2D eigenvalue weighted by atomic mass is 10.0. The predicted molar refractivity (Wildman–Crippen MR) is 75.5 cm³/mol. The number of fused-ring (bicyclic) bond motifs is 6. The van der Waals surface area contributed by atoms with Crippen LogP contribution >= 0.6 is 11.6 Å². The highest BCUT2D eigenvalue weighted by Crippen LogP contribution is 2.72. The first-order valence-electron chi connectivity index (χ1n) is 7.42. The van der Waals surface area contributed by atoms with E-state index in [9.17, 15) is 9.90 Å². The SMILES string of the molecule is O=C(O)c1cc(Cl)c2nnc(C3C4C5CCC(C5)C34)n2c1. The normalized spacial score (nSPS) is 36.1. The van der Waals surface area contributed by atoms with Gasteiger partial charge in [0.2, 0.25) is 0 Å². The van der Waals surface area contributed by atoms with Gasteiger partial charge in [-0.25, -0.2) is 4.79 Å². The molecule has 2 aromatic rings.